The van der Waals surface area contributed by atoms with Gasteiger partial charge in [-0.2, -0.15) is 0 Å². The van der Waals surface area contributed by atoms with Crippen LogP contribution in [0.15, 0.2) is 30.3 Å². The van der Waals surface area contributed by atoms with Crippen LogP contribution in [0.3, 0.4) is 0 Å². The Morgan fingerprint density at radius 2 is 1.64 bits per heavy atom. The first-order valence-electron chi connectivity index (χ1n) is 8.52. The first-order valence-corrected chi connectivity index (χ1v) is 10.4. The number of esters is 1. The molecule has 1 atom stereocenters. The summed E-state index contributed by atoms with van der Waals surface area (Å²) in [5.41, 5.74) is 0.288. The van der Waals surface area contributed by atoms with Crippen molar-refractivity contribution in [3.63, 3.8) is 0 Å². The molecular formula is C19H24O2Se. The summed E-state index contributed by atoms with van der Waals surface area (Å²) in [5.74, 6) is 2.60. The van der Waals surface area contributed by atoms with Gasteiger partial charge in [0.15, 0.2) is 0 Å². The second-order valence-electron chi connectivity index (χ2n) is 7.65. The van der Waals surface area contributed by atoms with Gasteiger partial charge in [-0.3, -0.25) is 0 Å². The Hall–Kier alpha value is -0.791. The molecule has 4 fully saturated rings. The molecule has 4 aliphatic rings. The van der Waals surface area contributed by atoms with E-state index in [0.717, 1.165) is 17.8 Å². The summed E-state index contributed by atoms with van der Waals surface area (Å²) in [7, 11) is 0. The van der Waals surface area contributed by atoms with E-state index in [1.807, 2.05) is 0 Å². The minimum atomic E-state index is -0.0986. The van der Waals surface area contributed by atoms with Crippen LogP contribution in [0.4, 0.5) is 0 Å². The Morgan fingerprint density at radius 1 is 1.09 bits per heavy atom. The maximum absolute atomic E-state index is 11.7. The number of hydrogen-bond acceptors (Lipinski definition) is 2. The fourth-order valence-corrected chi connectivity index (χ4v) is 8.21. The SMILES string of the molecule is CC(=O)OC([Se]c1ccccc1)C12CC3CC(CC(C3)C1)C2. The molecule has 22 heavy (non-hydrogen) atoms. The molecule has 1 unspecified atom stereocenters. The fraction of sp³-hybridized carbons (Fsp3) is 0.632. The number of carbonyl (C=O) groups excluding carboxylic acids is 1. The van der Waals surface area contributed by atoms with Crippen molar-refractivity contribution in [2.75, 3.05) is 0 Å². The normalized spacial score (nSPS) is 37.0. The topological polar surface area (TPSA) is 26.3 Å². The van der Waals surface area contributed by atoms with Crippen molar-refractivity contribution in [3.05, 3.63) is 30.3 Å². The molecule has 2 nitrogen and oxygen atoms in total. The number of ether oxygens (including phenoxy) is 1. The molecule has 1 aromatic carbocycles. The molecule has 4 bridgehead atoms. The minimum absolute atomic E-state index is 0.0986. The number of hydrogen-bond donors (Lipinski definition) is 0. The molecule has 3 heteroatoms. The summed E-state index contributed by atoms with van der Waals surface area (Å²) < 4.78 is 7.29. The van der Waals surface area contributed by atoms with Gasteiger partial charge in [-0.15, -0.1) is 0 Å². The predicted octanol–water partition coefficient (Wildman–Crippen LogP) is 3.12. The average molecular weight is 363 g/mol. The van der Waals surface area contributed by atoms with Crippen LogP contribution in [-0.4, -0.2) is 25.9 Å². The quantitative estimate of drug-likeness (QED) is 0.607. The Kier molecular flexibility index (Phi) is 3.82. The number of rotatable bonds is 4. The first-order chi connectivity index (χ1) is 10.6. The van der Waals surface area contributed by atoms with E-state index in [9.17, 15) is 4.79 Å². The van der Waals surface area contributed by atoms with Gasteiger partial charge in [0.05, 0.1) is 0 Å². The van der Waals surface area contributed by atoms with Gasteiger partial charge in [-0.1, -0.05) is 0 Å². The summed E-state index contributed by atoms with van der Waals surface area (Å²) >= 11 is 0.221. The zero-order valence-corrected chi connectivity index (χ0v) is 14.9. The summed E-state index contributed by atoms with van der Waals surface area (Å²) in [5, 5.41) is 0.133. The molecule has 5 rings (SSSR count). The zero-order valence-electron chi connectivity index (χ0n) is 13.2. The van der Waals surface area contributed by atoms with Gasteiger partial charge >= 0.3 is 139 Å². The summed E-state index contributed by atoms with van der Waals surface area (Å²) in [6.07, 6.45) is 8.20. The fourth-order valence-electron chi connectivity index (χ4n) is 5.51. The Balaban J connectivity index is 1.61. The van der Waals surface area contributed by atoms with Crippen LogP contribution in [0.25, 0.3) is 0 Å². The number of benzene rings is 1. The second-order valence-corrected chi connectivity index (χ2v) is 10.0. The van der Waals surface area contributed by atoms with E-state index in [-0.39, 0.29) is 31.3 Å². The third kappa shape index (κ3) is 2.74. The van der Waals surface area contributed by atoms with Crippen molar-refractivity contribution < 1.29 is 9.53 Å². The van der Waals surface area contributed by atoms with E-state index in [4.69, 9.17) is 4.74 Å². The third-order valence-electron chi connectivity index (χ3n) is 5.84. The maximum atomic E-state index is 11.7. The average Bonchev–Trinajstić information content (AvgIpc) is 2.46. The van der Waals surface area contributed by atoms with Crippen molar-refractivity contribution in [1.29, 1.82) is 0 Å². The first kappa shape index (κ1) is 14.8. The molecule has 0 amide bonds. The van der Waals surface area contributed by atoms with Crippen molar-refractivity contribution in [1.82, 2.24) is 0 Å². The predicted molar refractivity (Wildman–Crippen MR) is 88.0 cm³/mol. The van der Waals surface area contributed by atoms with Crippen molar-refractivity contribution in [3.8, 4) is 0 Å². The van der Waals surface area contributed by atoms with Gasteiger partial charge in [0.2, 0.25) is 0 Å². The molecule has 0 heterocycles. The molecular weight excluding hydrogens is 339 g/mol. The standard InChI is InChI=1S/C19H24O2Se/c1-13(20)21-18(22-17-5-3-2-4-6-17)19-10-14-7-15(11-19)9-16(8-14)12-19/h2-6,14-16,18H,7-12H2,1H3. The van der Waals surface area contributed by atoms with Crippen LogP contribution in [0.5, 0.6) is 0 Å². The van der Waals surface area contributed by atoms with Crippen LogP contribution in [0.1, 0.15) is 45.4 Å². The van der Waals surface area contributed by atoms with Gasteiger partial charge in [0, 0.05) is 0 Å². The second kappa shape index (κ2) is 5.69. The van der Waals surface area contributed by atoms with E-state index in [0.29, 0.717) is 0 Å². The molecule has 0 aliphatic heterocycles. The van der Waals surface area contributed by atoms with Gasteiger partial charge in [0.25, 0.3) is 0 Å². The third-order valence-corrected chi connectivity index (χ3v) is 8.69. The van der Waals surface area contributed by atoms with Crippen molar-refractivity contribution in [2.24, 2.45) is 23.2 Å². The summed E-state index contributed by atoms with van der Waals surface area (Å²) in [6.45, 7) is 1.58. The molecule has 1 aromatic rings. The van der Waals surface area contributed by atoms with Crippen LogP contribution in [-0.2, 0) is 9.53 Å². The monoisotopic (exact) mass is 364 g/mol. The van der Waals surface area contributed by atoms with Crippen LogP contribution < -0.4 is 4.46 Å². The number of carbonyl (C=O) groups is 1. The molecule has 4 saturated carbocycles. The van der Waals surface area contributed by atoms with E-state index in [1.165, 1.54) is 43.0 Å². The van der Waals surface area contributed by atoms with Crippen LogP contribution >= 0.6 is 0 Å². The van der Waals surface area contributed by atoms with E-state index >= 15 is 0 Å². The van der Waals surface area contributed by atoms with Gasteiger partial charge in [0.1, 0.15) is 0 Å². The summed E-state index contributed by atoms with van der Waals surface area (Å²) in [6, 6.07) is 10.6. The Morgan fingerprint density at radius 3 is 2.14 bits per heavy atom. The van der Waals surface area contributed by atoms with Crippen LogP contribution in [0, 0.1) is 23.2 Å². The summed E-state index contributed by atoms with van der Waals surface area (Å²) in [4.78, 5) is 11.7. The van der Waals surface area contributed by atoms with Crippen molar-refractivity contribution in [2.45, 2.75) is 50.5 Å². The van der Waals surface area contributed by atoms with E-state index in [2.05, 4.69) is 30.3 Å². The Labute approximate surface area is 139 Å². The molecule has 4 aliphatic carbocycles. The van der Waals surface area contributed by atoms with E-state index < -0.39 is 0 Å². The molecule has 0 saturated heterocycles. The molecule has 118 valence electrons. The molecule has 0 N–H and O–H groups in total. The molecule has 0 radical (unpaired) electrons. The van der Waals surface area contributed by atoms with Gasteiger partial charge in [-0.05, 0) is 0 Å². The molecule has 0 aromatic heterocycles. The zero-order chi connectivity index (χ0) is 15.2. The van der Waals surface area contributed by atoms with Gasteiger partial charge < -0.3 is 0 Å². The van der Waals surface area contributed by atoms with Crippen molar-refractivity contribution >= 4 is 25.4 Å². The van der Waals surface area contributed by atoms with Gasteiger partial charge in [-0.25, -0.2) is 0 Å². The molecule has 0 spiro atoms. The Bertz CT molecular complexity index is 519. The van der Waals surface area contributed by atoms with E-state index in [1.54, 1.807) is 6.92 Å². The van der Waals surface area contributed by atoms with Crippen LogP contribution in [0.2, 0.25) is 0 Å².